The Hall–Kier alpha value is -1.42. The van der Waals surface area contributed by atoms with Crippen LogP contribution in [0.2, 0.25) is 0 Å². The zero-order chi connectivity index (χ0) is 15.6. The van der Waals surface area contributed by atoms with Crippen molar-refractivity contribution >= 4 is 23.9 Å². The van der Waals surface area contributed by atoms with Crippen LogP contribution in [0.15, 0.2) is 10.6 Å². The number of nitrogens with one attached hydrogen (secondary N) is 1. The molecule has 1 aliphatic carbocycles. The van der Waals surface area contributed by atoms with E-state index in [0.717, 1.165) is 27.6 Å². The number of nitrogens with two attached hydrogens (primary N) is 1. The van der Waals surface area contributed by atoms with Gasteiger partial charge in [0.1, 0.15) is 0 Å². The molecule has 10 heteroatoms. The molecule has 118 valence electrons. The maximum Gasteiger partial charge on any atom is 0.522 e. The zero-order valence-corrected chi connectivity index (χ0v) is 11.7. The summed E-state index contributed by atoms with van der Waals surface area (Å²) in [5.74, 6) is -1.06. The summed E-state index contributed by atoms with van der Waals surface area (Å²) < 4.78 is 40.5. The summed E-state index contributed by atoms with van der Waals surface area (Å²) in [5.41, 5.74) is 5.77. The van der Waals surface area contributed by atoms with Crippen LogP contribution in [0.4, 0.5) is 18.0 Å². The first kappa shape index (κ1) is 16.0. The van der Waals surface area contributed by atoms with Crippen LogP contribution < -0.4 is 11.1 Å². The summed E-state index contributed by atoms with van der Waals surface area (Å²) >= 11 is 1.04. The van der Waals surface area contributed by atoms with Crippen molar-refractivity contribution in [3.8, 4) is 0 Å². The summed E-state index contributed by atoms with van der Waals surface area (Å²) in [4.78, 5) is 24.0. The van der Waals surface area contributed by atoms with E-state index < -0.39 is 30.8 Å². The van der Waals surface area contributed by atoms with Gasteiger partial charge in [-0.15, -0.1) is 13.2 Å². The van der Waals surface area contributed by atoms with E-state index in [0.29, 0.717) is 18.5 Å². The van der Waals surface area contributed by atoms with E-state index >= 15 is 0 Å². The molecule has 0 aromatic heterocycles. The Kier molecular flexibility index (Phi) is 4.67. The molecular formula is C11H14F3N3O3S. The van der Waals surface area contributed by atoms with Gasteiger partial charge in [-0.3, -0.25) is 13.8 Å². The highest BCUT2D eigenvalue weighted by molar-refractivity contribution is 8.01. The quantitative estimate of drug-likeness (QED) is 0.771. The van der Waals surface area contributed by atoms with Crippen molar-refractivity contribution in [3.05, 3.63) is 10.6 Å². The number of ether oxygens (including phenoxy) is 1. The maximum absolute atomic E-state index is 11.9. The minimum Gasteiger partial charge on any atom is -0.369 e. The average molecular weight is 325 g/mol. The summed E-state index contributed by atoms with van der Waals surface area (Å²) in [6, 6.07) is -0.572. The van der Waals surface area contributed by atoms with Gasteiger partial charge in [0.15, 0.2) is 0 Å². The fourth-order valence-corrected chi connectivity index (χ4v) is 3.31. The van der Waals surface area contributed by atoms with Crippen molar-refractivity contribution in [1.29, 1.82) is 0 Å². The molecule has 0 bridgehead atoms. The Bertz CT molecular complexity index is 481. The monoisotopic (exact) mass is 325 g/mol. The first-order valence-electron chi connectivity index (χ1n) is 6.27. The molecule has 1 heterocycles. The van der Waals surface area contributed by atoms with E-state index in [9.17, 15) is 22.8 Å². The second-order valence-electron chi connectivity index (χ2n) is 4.60. The van der Waals surface area contributed by atoms with Crippen molar-refractivity contribution < 1.29 is 27.5 Å². The summed E-state index contributed by atoms with van der Waals surface area (Å²) in [6.07, 6.45) is -2.77. The molecule has 3 amide bonds. The molecule has 6 nitrogen and oxygen atoms in total. The minimum absolute atomic E-state index is 0.214. The minimum atomic E-state index is -4.72. The second kappa shape index (κ2) is 6.14. The van der Waals surface area contributed by atoms with E-state index in [1.54, 1.807) is 0 Å². The van der Waals surface area contributed by atoms with Crippen molar-refractivity contribution in [2.24, 2.45) is 11.7 Å². The highest BCUT2D eigenvalue weighted by Gasteiger charge is 2.35. The molecule has 3 N–H and O–H groups in total. The molecule has 2 aliphatic rings. The van der Waals surface area contributed by atoms with Gasteiger partial charge in [-0.05, 0) is 31.2 Å². The number of hydrogen-bond donors (Lipinski definition) is 2. The highest BCUT2D eigenvalue weighted by atomic mass is 32.2. The van der Waals surface area contributed by atoms with Crippen molar-refractivity contribution in [1.82, 2.24) is 9.62 Å². The second-order valence-corrected chi connectivity index (χ2v) is 5.72. The van der Waals surface area contributed by atoms with E-state index in [2.05, 4.69) is 10.1 Å². The molecule has 0 radical (unpaired) electrons. The van der Waals surface area contributed by atoms with Gasteiger partial charge in [0.25, 0.3) is 0 Å². The van der Waals surface area contributed by atoms with Crippen LogP contribution in [-0.4, -0.2) is 35.8 Å². The lowest BCUT2D eigenvalue weighted by Crippen LogP contribution is -2.45. The number of alkyl halides is 3. The summed E-state index contributed by atoms with van der Waals surface area (Å²) in [7, 11) is 0. The normalized spacial score (nSPS) is 22.9. The Balaban J connectivity index is 2.00. The Morgan fingerprint density at radius 2 is 2.24 bits per heavy atom. The number of nitrogens with zero attached hydrogens (tertiary/aromatic N) is 1. The molecule has 21 heavy (non-hydrogen) atoms. The number of urea groups is 1. The number of hydrogen-bond acceptors (Lipinski definition) is 4. The topological polar surface area (TPSA) is 84.7 Å². The molecule has 0 fully saturated rings. The molecule has 0 spiro atoms. The van der Waals surface area contributed by atoms with E-state index in [4.69, 9.17) is 5.73 Å². The van der Waals surface area contributed by atoms with Gasteiger partial charge in [0, 0.05) is 10.6 Å². The van der Waals surface area contributed by atoms with Crippen molar-refractivity contribution in [2.75, 3.05) is 13.2 Å². The predicted octanol–water partition coefficient (Wildman–Crippen LogP) is 1.69. The number of halogens is 3. The smallest absolute Gasteiger partial charge is 0.369 e. The van der Waals surface area contributed by atoms with Crippen molar-refractivity contribution in [2.45, 2.75) is 25.6 Å². The summed E-state index contributed by atoms with van der Waals surface area (Å²) in [5, 5.41) is 2.56. The Labute approximate surface area is 123 Å². The number of carbonyl (C=O) groups is 2. The number of primary amides is 1. The molecule has 1 unspecified atom stereocenters. The van der Waals surface area contributed by atoms with Crippen LogP contribution in [0.1, 0.15) is 19.3 Å². The lowest BCUT2D eigenvalue weighted by Gasteiger charge is -2.35. The van der Waals surface area contributed by atoms with Gasteiger partial charge in [-0.1, -0.05) is 0 Å². The van der Waals surface area contributed by atoms with E-state index in [1.165, 1.54) is 0 Å². The van der Waals surface area contributed by atoms with Crippen LogP contribution in [0, 0.1) is 5.92 Å². The zero-order valence-electron chi connectivity index (χ0n) is 10.9. The Morgan fingerprint density at radius 1 is 1.52 bits per heavy atom. The molecule has 1 atom stereocenters. The largest absolute Gasteiger partial charge is 0.522 e. The van der Waals surface area contributed by atoms with Gasteiger partial charge < -0.3 is 11.1 Å². The average Bonchev–Trinajstić information content (AvgIpc) is 2.37. The molecule has 1 aliphatic heterocycles. The van der Waals surface area contributed by atoms with Crippen LogP contribution in [0.25, 0.3) is 0 Å². The fourth-order valence-electron chi connectivity index (χ4n) is 2.22. The van der Waals surface area contributed by atoms with Crippen LogP contribution >= 0.6 is 11.9 Å². The lowest BCUT2D eigenvalue weighted by molar-refractivity contribution is -0.324. The highest BCUT2D eigenvalue weighted by Crippen LogP contribution is 2.39. The van der Waals surface area contributed by atoms with Gasteiger partial charge in [0.2, 0.25) is 5.91 Å². The molecular weight excluding hydrogens is 311 g/mol. The fraction of sp³-hybridized carbons (Fsp3) is 0.636. The van der Waals surface area contributed by atoms with E-state index in [-0.39, 0.29) is 6.54 Å². The number of allylic oxidation sites excluding steroid dienone is 1. The molecule has 0 saturated carbocycles. The number of carbonyl (C=O) groups excluding carboxylic acids is 2. The standard InChI is InChI=1S/C11H14F3N3O3S/c12-11(13,14)20-5-4-17-10(19)16-8-6(9(15)18)2-1-3-7(8)21-17/h6H,1-5H2,(H2,15,18)(H,16,19). The third-order valence-corrected chi connectivity index (χ3v) is 4.35. The molecule has 0 aromatic carbocycles. The van der Waals surface area contributed by atoms with Crippen LogP contribution in [0.3, 0.4) is 0 Å². The molecule has 2 rings (SSSR count). The van der Waals surface area contributed by atoms with Crippen LogP contribution in [0.5, 0.6) is 0 Å². The van der Waals surface area contributed by atoms with Gasteiger partial charge in [-0.25, -0.2) is 4.79 Å². The third kappa shape index (κ3) is 4.03. The summed E-state index contributed by atoms with van der Waals surface area (Å²) in [6.45, 7) is -0.861. The van der Waals surface area contributed by atoms with Gasteiger partial charge in [0.05, 0.1) is 19.1 Å². The maximum atomic E-state index is 11.9. The number of amides is 3. The SMILES string of the molecule is NC(=O)C1CCCC2=C1NC(=O)N(CCOC(F)(F)F)S2. The first-order valence-corrected chi connectivity index (χ1v) is 7.05. The van der Waals surface area contributed by atoms with Gasteiger partial charge >= 0.3 is 12.4 Å². The predicted molar refractivity (Wildman–Crippen MR) is 68.4 cm³/mol. The molecule has 0 saturated heterocycles. The van der Waals surface area contributed by atoms with Crippen LogP contribution in [-0.2, 0) is 9.53 Å². The van der Waals surface area contributed by atoms with Gasteiger partial charge in [-0.2, -0.15) is 0 Å². The number of rotatable bonds is 4. The lowest BCUT2D eigenvalue weighted by atomic mass is 9.91. The van der Waals surface area contributed by atoms with Crippen molar-refractivity contribution in [3.63, 3.8) is 0 Å². The Morgan fingerprint density at radius 3 is 2.86 bits per heavy atom. The third-order valence-electron chi connectivity index (χ3n) is 3.14. The first-order chi connectivity index (χ1) is 9.78. The molecule has 0 aromatic rings. The van der Waals surface area contributed by atoms with E-state index in [1.807, 2.05) is 0 Å².